The van der Waals surface area contributed by atoms with Gasteiger partial charge in [-0.2, -0.15) is 0 Å². The lowest BCUT2D eigenvalue weighted by Gasteiger charge is -2.28. The molecule has 176 valence electrons. The Hall–Kier alpha value is -2.49. The predicted molar refractivity (Wildman–Crippen MR) is 129 cm³/mol. The van der Waals surface area contributed by atoms with E-state index in [0.29, 0.717) is 5.39 Å². The first-order chi connectivity index (χ1) is 16.0. The van der Waals surface area contributed by atoms with E-state index in [1.165, 1.54) is 64.0 Å². The molecule has 1 fully saturated rings. The maximum atomic E-state index is 15.3. The molecule has 0 amide bonds. The summed E-state index contributed by atoms with van der Waals surface area (Å²) in [5, 5.41) is 1.27. The van der Waals surface area contributed by atoms with Crippen LogP contribution in [-0.2, 0) is 6.42 Å². The number of methoxy groups -OCH3 is 1. The minimum atomic E-state index is -0.846. The van der Waals surface area contributed by atoms with Crippen molar-refractivity contribution in [1.82, 2.24) is 0 Å². The molecule has 0 atom stereocenters. The van der Waals surface area contributed by atoms with E-state index in [4.69, 9.17) is 4.74 Å². The molecule has 33 heavy (non-hydrogen) atoms. The molecular weight excluding hydrogens is 421 g/mol. The summed E-state index contributed by atoms with van der Waals surface area (Å²) in [6.45, 7) is 2.26. The van der Waals surface area contributed by atoms with E-state index < -0.39 is 23.2 Å². The van der Waals surface area contributed by atoms with Crippen molar-refractivity contribution < 1.29 is 17.9 Å². The van der Waals surface area contributed by atoms with Crippen molar-refractivity contribution in [3.63, 3.8) is 0 Å². The van der Waals surface area contributed by atoms with E-state index in [9.17, 15) is 8.78 Å². The van der Waals surface area contributed by atoms with Crippen molar-refractivity contribution >= 4 is 10.8 Å². The second-order valence-corrected chi connectivity index (χ2v) is 9.52. The topological polar surface area (TPSA) is 9.23 Å². The standard InChI is InChI=1S/C29H33F3O/c1-3-4-5-19-6-8-20(9-7-19)10-11-21-12-14-24-22(16-21)13-15-25(28(24)32)23-17-26(30)29(33-2)27(31)18-23/h12-20H,3-11H2,1-2H3. The van der Waals surface area contributed by atoms with Crippen LogP contribution in [0.3, 0.4) is 0 Å². The van der Waals surface area contributed by atoms with Gasteiger partial charge in [-0.05, 0) is 53.3 Å². The highest BCUT2D eigenvalue weighted by molar-refractivity contribution is 5.88. The summed E-state index contributed by atoms with van der Waals surface area (Å²) in [5.41, 5.74) is 1.55. The summed E-state index contributed by atoms with van der Waals surface area (Å²) in [4.78, 5) is 0. The Morgan fingerprint density at radius 1 is 0.848 bits per heavy atom. The van der Waals surface area contributed by atoms with Crippen molar-refractivity contribution in [1.29, 1.82) is 0 Å². The van der Waals surface area contributed by atoms with Crippen LogP contribution in [0.4, 0.5) is 13.2 Å². The lowest BCUT2D eigenvalue weighted by atomic mass is 9.78. The fraction of sp³-hybridized carbons (Fsp3) is 0.448. The number of hydrogen-bond donors (Lipinski definition) is 0. The van der Waals surface area contributed by atoms with E-state index in [2.05, 4.69) is 6.92 Å². The average Bonchev–Trinajstić information content (AvgIpc) is 2.82. The Morgan fingerprint density at radius 3 is 2.15 bits per heavy atom. The molecule has 0 spiro atoms. The fourth-order valence-electron chi connectivity index (χ4n) is 5.30. The van der Waals surface area contributed by atoms with Crippen LogP contribution < -0.4 is 4.74 Å². The summed E-state index contributed by atoms with van der Waals surface area (Å²) in [5.74, 6) is -0.903. The first-order valence-corrected chi connectivity index (χ1v) is 12.2. The highest BCUT2D eigenvalue weighted by atomic mass is 19.1. The molecule has 1 nitrogen and oxygen atoms in total. The van der Waals surface area contributed by atoms with Crippen LogP contribution in [0.2, 0.25) is 0 Å². The van der Waals surface area contributed by atoms with Crippen LogP contribution >= 0.6 is 0 Å². The first kappa shape index (κ1) is 23.7. The lowest BCUT2D eigenvalue weighted by molar-refractivity contribution is 0.250. The maximum absolute atomic E-state index is 15.3. The van der Waals surface area contributed by atoms with Gasteiger partial charge in [0.25, 0.3) is 0 Å². The lowest BCUT2D eigenvalue weighted by Crippen LogP contribution is -2.15. The molecular formula is C29H33F3O. The van der Waals surface area contributed by atoms with Crippen molar-refractivity contribution in [3.8, 4) is 16.9 Å². The Morgan fingerprint density at radius 2 is 1.52 bits per heavy atom. The second kappa shape index (κ2) is 10.6. The summed E-state index contributed by atoms with van der Waals surface area (Å²) in [7, 11) is 1.20. The second-order valence-electron chi connectivity index (χ2n) is 9.52. The van der Waals surface area contributed by atoms with E-state index in [1.54, 1.807) is 12.1 Å². The molecule has 0 heterocycles. The monoisotopic (exact) mass is 454 g/mol. The Kier molecular flexibility index (Phi) is 7.62. The molecule has 0 aromatic heterocycles. The third-order valence-corrected chi connectivity index (χ3v) is 7.31. The minimum absolute atomic E-state index is 0.156. The zero-order chi connectivity index (χ0) is 23.4. The first-order valence-electron chi connectivity index (χ1n) is 12.2. The van der Waals surface area contributed by atoms with Crippen molar-refractivity contribution in [3.05, 3.63) is 65.5 Å². The molecule has 3 aromatic rings. The highest BCUT2D eigenvalue weighted by Gasteiger charge is 2.21. The smallest absolute Gasteiger partial charge is 0.190 e. The molecule has 0 N–H and O–H groups in total. The van der Waals surface area contributed by atoms with Gasteiger partial charge >= 0.3 is 0 Å². The zero-order valence-electron chi connectivity index (χ0n) is 19.6. The van der Waals surface area contributed by atoms with Crippen LogP contribution in [0.5, 0.6) is 5.75 Å². The predicted octanol–water partition coefficient (Wildman–Crippen LogP) is 8.86. The van der Waals surface area contributed by atoms with Gasteiger partial charge in [-0.1, -0.05) is 82.2 Å². The number of halogens is 3. The van der Waals surface area contributed by atoms with Crippen molar-refractivity contribution in [2.75, 3.05) is 7.11 Å². The SMILES string of the molecule is CCCCC1CCC(CCc2ccc3c(F)c(-c4cc(F)c(OC)c(F)c4)ccc3c2)CC1. The van der Waals surface area contributed by atoms with E-state index in [0.717, 1.165) is 35.8 Å². The molecule has 1 aliphatic rings. The fourth-order valence-corrected chi connectivity index (χ4v) is 5.30. The number of rotatable bonds is 8. The molecule has 0 aliphatic heterocycles. The van der Waals surface area contributed by atoms with Crippen LogP contribution in [0.1, 0.15) is 63.9 Å². The Bertz CT molecular complexity index is 1080. The zero-order valence-corrected chi connectivity index (χ0v) is 19.6. The molecule has 1 aliphatic carbocycles. The summed E-state index contributed by atoms with van der Waals surface area (Å²) in [6.07, 6.45) is 11.6. The van der Waals surface area contributed by atoms with Crippen LogP contribution in [0, 0.1) is 29.3 Å². The van der Waals surface area contributed by atoms with Crippen LogP contribution in [0.25, 0.3) is 21.9 Å². The summed E-state index contributed by atoms with van der Waals surface area (Å²) >= 11 is 0. The highest BCUT2D eigenvalue weighted by Crippen LogP contribution is 2.36. The molecule has 0 unspecified atom stereocenters. The molecule has 4 rings (SSSR count). The van der Waals surface area contributed by atoms with Gasteiger partial charge in [-0.3, -0.25) is 0 Å². The van der Waals surface area contributed by atoms with Gasteiger partial charge in [-0.15, -0.1) is 0 Å². The Labute approximate surface area is 195 Å². The van der Waals surface area contributed by atoms with Crippen LogP contribution in [0.15, 0.2) is 42.5 Å². The van der Waals surface area contributed by atoms with Gasteiger partial charge in [0, 0.05) is 10.9 Å². The molecule has 1 saturated carbocycles. The molecule has 0 saturated heterocycles. The van der Waals surface area contributed by atoms with Gasteiger partial charge < -0.3 is 4.74 Å². The third kappa shape index (κ3) is 5.37. The number of ether oxygens (including phenoxy) is 1. The largest absolute Gasteiger partial charge is 0.491 e. The van der Waals surface area contributed by atoms with Gasteiger partial charge in [0.15, 0.2) is 17.4 Å². The summed E-state index contributed by atoms with van der Waals surface area (Å²) in [6, 6.07) is 11.5. The molecule has 4 heteroatoms. The van der Waals surface area contributed by atoms with Gasteiger partial charge in [0.05, 0.1) is 7.11 Å². The molecule has 3 aromatic carbocycles. The Balaban J connectivity index is 1.45. The van der Waals surface area contributed by atoms with E-state index in [-0.39, 0.29) is 11.1 Å². The van der Waals surface area contributed by atoms with Gasteiger partial charge in [0.2, 0.25) is 0 Å². The number of aryl methyl sites for hydroxylation is 1. The van der Waals surface area contributed by atoms with Crippen molar-refractivity contribution in [2.45, 2.75) is 64.7 Å². The van der Waals surface area contributed by atoms with Gasteiger partial charge in [-0.25, -0.2) is 13.2 Å². The molecule has 0 bridgehead atoms. The molecule has 0 radical (unpaired) electrons. The van der Waals surface area contributed by atoms with E-state index in [1.807, 2.05) is 18.2 Å². The number of fused-ring (bicyclic) bond motifs is 1. The number of unbranched alkanes of at least 4 members (excludes halogenated alkanes) is 1. The van der Waals surface area contributed by atoms with E-state index >= 15 is 4.39 Å². The van der Waals surface area contributed by atoms with Crippen LogP contribution in [-0.4, -0.2) is 7.11 Å². The minimum Gasteiger partial charge on any atom is -0.491 e. The third-order valence-electron chi connectivity index (χ3n) is 7.31. The normalized spacial score (nSPS) is 18.6. The maximum Gasteiger partial charge on any atom is 0.190 e. The summed E-state index contributed by atoms with van der Waals surface area (Å²) < 4.78 is 48.2. The number of hydrogen-bond acceptors (Lipinski definition) is 1. The quantitative estimate of drug-likeness (QED) is 0.330. The number of benzene rings is 3. The van der Waals surface area contributed by atoms with Crippen molar-refractivity contribution in [2.24, 2.45) is 11.8 Å². The van der Waals surface area contributed by atoms with Gasteiger partial charge in [0.1, 0.15) is 5.82 Å². The average molecular weight is 455 g/mol.